The van der Waals surface area contributed by atoms with Gasteiger partial charge in [-0.05, 0) is 44.4 Å². The summed E-state index contributed by atoms with van der Waals surface area (Å²) < 4.78 is 5.39. The van der Waals surface area contributed by atoms with Crippen LogP contribution in [0.25, 0.3) is 5.57 Å². The molecule has 1 amide bonds. The van der Waals surface area contributed by atoms with Gasteiger partial charge >= 0.3 is 29.1 Å². The minimum Gasteiger partial charge on any atom is -1.00 e. The fraction of sp³-hybridized carbons (Fsp3) is 0.556. The van der Waals surface area contributed by atoms with Crippen LogP contribution in [-0.2, 0) is 10.3 Å². The van der Waals surface area contributed by atoms with Crippen LogP contribution in [0.4, 0.5) is 4.79 Å². The standard InChI is InChI=1S/C18H25N2O3.ClH.Mg/c1-17(2,3)23-16(21)20-11-8-13(9-12-20)14-7-6-10-19-15(14)18(4,5)22;;/h6-8,10H,9,11-12H2,1-5H3;1H;/q-1;;+2/p-1. The van der Waals surface area contributed by atoms with Crippen LogP contribution in [0.2, 0.25) is 0 Å². The zero-order chi connectivity index (χ0) is 17.3. The Hall–Kier alpha value is -0.824. The normalized spacial score (nSPS) is 14.8. The maximum Gasteiger partial charge on any atom is 2.00 e. The summed E-state index contributed by atoms with van der Waals surface area (Å²) in [6.07, 6.45) is 4.02. The monoisotopic (exact) mass is 376 g/mol. The molecule has 1 aliphatic heterocycles. The van der Waals surface area contributed by atoms with E-state index >= 15 is 0 Å². The molecule has 25 heavy (non-hydrogen) atoms. The summed E-state index contributed by atoms with van der Waals surface area (Å²) in [4.78, 5) is 18.0. The van der Waals surface area contributed by atoms with Crippen LogP contribution < -0.4 is 17.5 Å². The van der Waals surface area contributed by atoms with E-state index in [0.29, 0.717) is 25.2 Å². The second kappa shape index (κ2) is 9.21. The zero-order valence-corrected chi connectivity index (χ0v) is 17.8. The molecule has 0 fully saturated rings. The number of rotatable bonds is 2. The summed E-state index contributed by atoms with van der Waals surface area (Å²) in [7, 11) is 0. The van der Waals surface area contributed by atoms with Gasteiger partial charge in [-0.2, -0.15) is 0 Å². The Balaban J connectivity index is 0.00000288. The van der Waals surface area contributed by atoms with Crippen molar-refractivity contribution in [1.82, 2.24) is 9.88 Å². The summed E-state index contributed by atoms with van der Waals surface area (Å²) >= 11 is 0. The van der Waals surface area contributed by atoms with Crippen LogP contribution >= 0.6 is 0 Å². The van der Waals surface area contributed by atoms with Crippen LogP contribution in [0.1, 0.15) is 52.3 Å². The molecule has 0 aromatic carbocycles. The molecule has 1 aliphatic rings. The van der Waals surface area contributed by atoms with E-state index in [0.717, 1.165) is 11.1 Å². The van der Waals surface area contributed by atoms with Gasteiger partial charge in [0.05, 0.1) is 0 Å². The topological polar surface area (TPSA) is 65.5 Å². The van der Waals surface area contributed by atoms with Gasteiger partial charge in [0.25, 0.3) is 0 Å². The van der Waals surface area contributed by atoms with Gasteiger partial charge in [0.2, 0.25) is 0 Å². The Morgan fingerprint density at radius 2 is 1.92 bits per heavy atom. The van der Waals surface area contributed by atoms with Crippen molar-refractivity contribution in [3.05, 3.63) is 35.7 Å². The quantitative estimate of drug-likeness (QED) is 0.641. The second-order valence-corrected chi connectivity index (χ2v) is 7.32. The van der Waals surface area contributed by atoms with Gasteiger partial charge in [0.1, 0.15) is 5.60 Å². The molecule has 0 N–H and O–H groups in total. The number of hydrogen-bond acceptors (Lipinski definition) is 4. The number of pyridine rings is 1. The summed E-state index contributed by atoms with van der Waals surface area (Å²) in [6.45, 7) is 9.87. The Morgan fingerprint density at radius 3 is 2.40 bits per heavy atom. The molecule has 0 saturated heterocycles. The number of hydrogen-bond donors (Lipinski definition) is 0. The third-order valence-electron chi connectivity index (χ3n) is 3.58. The van der Waals surface area contributed by atoms with Crippen LogP contribution in [0.15, 0.2) is 24.4 Å². The molecule has 2 rings (SSSR count). The number of ether oxygens (including phenoxy) is 1. The number of amides is 1. The molecule has 1 aromatic rings. The molecule has 0 unspecified atom stereocenters. The SMILES string of the molecule is CC(C)(C)OC(=O)N1CC=C(c2cccnc2C(C)(C)[O-])CC1.[Cl-].[Mg+2]. The Bertz CT molecular complexity index is 621. The van der Waals surface area contributed by atoms with Gasteiger partial charge in [-0.3, -0.25) is 4.98 Å². The fourth-order valence-corrected chi connectivity index (χ4v) is 2.55. The van der Waals surface area contributed by atoms with Crippen molar-refractivity contribution >= 4 is 34.7 Å². The molecule has 0 spiro atoms. The molecule has 2 heterocycles. The largest absolute Gasteiger partial charge is 2.00 e. The van der Waals surface area contributed by atoms with Crippen molar-refractivity contribution in [3.63, 3.8) is 0 Å². The average Bonchev–Trinajstić information content (AvgIpc) is 2.45. The number of nitrogens with zero attached hydrogens (tertiary/aromatic N) is 2. The third kappa shape index (κ3) is 6.77. The summed E-state index contributed by atoms with van der Waals surface area (Å²) in [6, 6.07) is 3.77. The molecule has 0 aliphatic carbocycles. The number of carbonyl (C=O) groups is 1. The van der Waals surface area contributed by atoms with Crippen LogP contribution in [0.3, 0.4) is 0 Å². The molecule has 7 heteroatoms. The first kappa shape index (κ1) is 24.2. The van der Waals surface area contributed by atoms with Gasteiger partial charge in [-0.1, -0.05) is 31.6 Å². The molecule has 5 nitrogen and oxygen atoms in total. The Morgan fingerprint density at radius 1 is 1.28 bits per heavy atom. The van der Waals surface area contributed by atoms with Crippen molar-refractivity contribution in [2.45, 2.75) is 52.2 Å². The van der Waals surface area contributed by atoms with Crippen LogP contribution in [-0.4, -0.2) is 57.7 Å². The first-order valence-corrected chi connectivity index (χ1v) is 7.91. The second-order valence-electron chi connectivity index (χ2n) is 7.32. The predicted octanol–water partition coefficient (Wildman–Crippen LogP) is -0.676. The van der Waals surface area contributed by atoms with E-state index in [2.05, 4.69) is 4.98 Å². The van der Waals surface area contributed by atoms with Crippen molar-refractivity contribution < 1.29 is 27.0 Å². The molecular formula is C18H25ClMgN2O3. The van der Waals surface area contributed by atoms with Crippen molar-refractivity contribution in [1.29, 1.82) is 0 Å². The third-order valence-corrected chi connectivity index (χ3v) is 3.58. The zero-order valence-electron chi connectivity index (χ0n) is 15.6. The van der Waals surface area contributed by atoms with E-state index in [9.17, 15) is 9.90 Å². The maximum absolute atomic E-state index is 12.3. The number of carbonyl (C=O) groups excluding carboxylic acids is 1. The van der Waals surface area contributed by atoms with Crippen molar-refractivity contribution in [2.75, 3.05) is 13.1 Å². The van der Waals surface area contributed by atoms with Crippen LogP contribution in [0, 0.1) is 0 Å². The van der Waals surface area contributed by atoms with Gasteiger partial charge in [-0.25, -0.2) is 4.79 Å². The predicted molar refractivity (Wildman–Crippen MR) is 93.4 cm³/mol. The molecule has 0 radical (unpaired) electrons. The summed E-state index contributed by atoms with van der Waals surface area (Å²) in [5, 5.41) is 12.3. The minimum absolute atomic E-state index is 0. The number of halogens is 1. The molecule has 0 saturated carbocycles. The first-order valence-electron chi connectivity index (χ1n) is 7.91. The van der Waals surface area contributed by atoms with Crippen molar-refractivity contribution in [2.24, 2.45) is 0 Å². The summed E-state index contributed by atoms with van der Waals surface area (Å²) in [5.41, 5.74) is 0.759. The van der Waals surface area contributed by atoms with E-state index in [1.54, 1.807) is 24.9 Å². The molecule has 134 valence electrons. The van der Waals surface area contributed by atoms with Crippen molar-refractivity contribution in [3.8, 4) is 0 Å². The molecule has 0 bridgehead atoms. The molecule has 0 atom stereocenters. The van der Waals surface area contributed by atoms with Gasteiger partial charge in [-0.15, -0.1) is 0 Å². The first-order chi connectivity index (χ1) is 10.6. The smallest absolute Gasteiger partial charge is 1.00 e. The molecule has 1 aromatic heterocycles. The molecular weight excluding hydrogens is 352 g/mol. The van der Waals surface area contributed by atoms with E-state index < -0.39 is 11.2 Å². The Kier molecular flexibility index (Phi) is 8.91. The van der Waals surface area contributed by atoms with Gasteiger partial charge in [0, 0.05) is 25.0 Å². The van der Waals surface area contributed by atoms with E-state index in [1.807, 2.05) is 39.0 Å². The maximum atomic E-state index is 12.3. The van der Waals surface area contributed by atoms with Gasteiger partial charge < -0.3 is 27.2 Å². The van der Waals surface area contributed by atoms with E-state index in [4.69, 9.17) is 4.74 Å². The van der Waals surface area contributed by atoms with E-state index in [1.165, 1.54) is 0 Å². The number of aromatic nitrogens is 1. The minimum atomic E-state index is -1.25. The average molecular weight is 377 g/mol. The fourth-order valence-electron chi connectivity index (χ4n) is 2.55. The van der Waals surface area contributed by atoms with E-state index in [-0.39, 0.29) is 41.6 Å². The van der Waals surface area contributed by atoms with Crippen LogP contribution in [0.5, 0.6) is 0 Å². The Labute approximate surface area is 172 Å². The summed E-state index contributed by atoms with van der Waals surface area (Å²) in [5.74, 6) is 0. The van der Waals surface area contributed by atoms with Gasteiger partial charge in [0.15, 0.2) is 0 Å².